The molecule has 2 aromatic rings. The fourth-order valence-corrected chi connectivity index (χ4v) is 4.22. The number of halogens is 1. The third kappa shape index (κ3) is 4.97. The number of rotatable bonds is 6. The Kier molecular flexibility index (Phi) is 6.15. The van der Waals surface area contributed by atoms with E-state index in [1.165, 1.54) is 12.8 Å². The Hall–Kier alpha value is -2.25. The summed E-state index contributed by atoms with van der Waals surface area (Å²) < 4.78 is 25.5. The normalized spacial score (nSPS) is 14.2. The second-order valence-electron chi connectivity index (χ2n) is 6.99. The van der Waals surface area contributed by atoms with Gasteiger partial charge in [-0.15, -0.1) is 0 Å². The van der Waals surface area contributed by atoms with Gasteiger partial charge in [0.15, 0.2) is 0 Å². The zero-order chi connectivity index (χ0) is 20.3. The standard InChI is InChI=1S/C20H24ClN3O3S/c1-15-5-8-18(13-19(15)21)24(28(2,26)27)14-20(25)22-16-6-9-17(10-7-16)23-11-3-4-12-23/h5-10,13H,3-4,11-12,14H2,1-2H3,(H,22,25). The molecule has 0 unspecified atom stereocenters. The van der Waals surface area contributed by atoms with Crippen LogP contribution in [0.25, 0.3) is 0 Å². The van der Waals surface area contributed by atoms with E-state index >= 15 is 0 Å². The summed E-state index contributed by atoms with van der Waals surface area (Å²) in [5, 5.41) is 3.21. The maximum Gasteiger partial charge on any atom is 0.245 e. The number of sulfonamides is 1. The predicted molar refractivity (Wildman–Crippen MR) is 115 cm³/mol. The van der Waals surface area contributed by atoms with Gasteiger partial charge in [0.2, 0.25) is 15.9 Å². The smallest absolute Gasteiger partial charge is 0.245 e. The highest BCUT2D eigenvalue weighted by Crippen LogP contribution is 2.25. The number of nitrogens with one attached hydrogen (secondary N) is 1. The molecule has 1 aliphatic rings. The van der Waals surface area contributed by atoms with Gasteiger partial charge in [-0.2, -0.15) is 0 Å². The Morgan fingerprint density at radius 3 is 2.36 bits per heavy atom. The van der Waals surface area contributed by atoms with E-state index in [0.29, 0.717) is 16.4 Å². The van der Waals surface area contributed by atoms with E-state index in [4.69, 9.17) is 11.6 Å². The Balaban J connectivity index is 1.70. The summed E-state index contributed by atoms with van der Waals surface area (Å²) >= 11 is 6.12. The molecule has 0 radical (unpaired) electrons. The van der Waals surface area contributed by atoms with Crippen molar-refractivity contribution in [1.82, 2.24) is 0 Å². The summed E-state index contributed by atoms with van der Waals surface area (Å²) in [6.45, 7) is 3.60. The zero-order valence-electron chi connectivity index (χ0n) is 16.0. The summed E-state index contributed by atoms with van der Waals surface area (Å²) in [6, 6.07) is 12.5. The average Bonchev–Trinajstić information content (AvgIpc) is 3.16. The van der Waals surface area contributed by atoms with Gasteiger partial charge in [-0.3, -0.25) is 9.10 Å². The molecule has 28 heavy (non-hydrogen) atoms. The first-order chi connectivity index (χ1) is 13.2. The molecule has 1 heterocycles. The van der Waals surface area contributed by atoms with Gasteiger partial charge in [0, 0.05) is 29.5 Å². The lowest BCUT2D eigenvalue weighted by Gasteiger charge is -2.22. The molecular weight excluding hydrogens is 398 g/mol. The minimum Gasteiger partial charge on any atom is -0.372 e. The first-order valence-electron chi connectivity index (χ1n) is 9.13. The van der Waals surface area contributed by atoms with Crippen molar-refractivity contribution >= 4 is 44.6 Å². The van der Waals surface area contributed by atoms with E-state index in [9.17, 15) is 13.2 Å². The van der Waals surface area contributed by atoms with Crippen LogP contribution in [0.2, 0.25) is 5.02 Å². The van der Waals surface area contributed by atoms with Gasteiger partial charge in [-0.05, 0) is 61.7 Å². The van der Waals surface area contributed by atoms with Crippen molar-refractivity contribution < 1.29 is 13.2 Å². The summed E-state index contributed by atoms with van der Waals surface area (Å²) in [5.74, 6) is -0.420. The molecule has 0 spiro atoms. The number of benzene rings is 2. The molecule has 0 atom stereocenters. The summed E-state index contributed by atoms with van der Waals surface area (Å²) in [5.41, 5.74) is 2.95. The van der Waals surface area contributed by atoms with Crippen molar-refractivity contribution in [3.8, 4) is 0 Å². The molecule has 1 fully saturated rings. The van der Waals surface area contributed by atoms with Gasteiger partial charge in [0.05, 0.1) is 11.9 Å². The van der Waals surface area contributed by atoms with Crippen molar-refractivity contribution in [1.29, 1.82) is 0 Å². The lowest BCUT2D eigenvalue weighted by Crippen LogP contribution is -2.37. The fourth-order valence-electron chi connectivity index (χ4n) is 3.20. The second-order valence-corrected chi connectivity index (χ2v) is 9.31. The van der Waals surface area contributed by atoms with Gasteiger partial charge >= 0.3 is 0 Å². The summed E-state index contributed by atoms with van der Waals surface area (Å²) in [6.07, 6.45) is 3.46. The molecular formula is C20H24ClN3O3S. The molecule has 6 nitrogen and oxygen atoms in total. The maximum absolute atomic E-state index is 12.5. The number of nitrogens with zero attached hydrogens (tertiary/aromatic N) is 2. The van der Waals surface area contributed by atoms with Gasteiger partial charge in [-0.25, -0.2) is 8.42 Å². The molecule has 150 valence electrons. The molecule has 0 aromatic heterocycles. The number of hydrogen-bond donors (Lipinski definition) is 1. The van der Waals surface area contributed by atoms with E-state index in [0.717, 1.165) is 34.9 Å². The molecule has 1 amide bonds. The second kappa shape index (κ2) is 8.41. The average molecular weight is 422 g/mol. The lowest BCUT2D eigenvalue weighted by atomic mass is 10.2. The van der Waals surface area contributed by atoms with Crippen LogP contribution in [0.5, 0.6) is 0 Å². The third-order valence-corrected chi connectivity index (χ3v) is 6.30. The van der Waals surface area contributed by atoms with E-state index in [1.807, 2.05) is 31.2 Å². The summed E-state index contributed by atoms with van der Waals surface area (Å²) in [4.78, 5) is 14.8. The van der Waals surface area contributed by atoms with Crippen molar-refractivity contribution in [2.75, 3.05) is 40.4 Å². The van der Waals surface area contributed by atoms with Crippen LogP contribution in [0.4, 0.5) is 17.1 Å². The summed E-state index contributed by atoms with van der Waals surface area (Å²) in [7, 11) is -3.65. The predicted octanol–water partition coefficient (Wildman–Crippen LogP) is 3.65. The fraction of sp³-hybridized carbons (Fsp3) is 0.350. The van der Waals surface area contributed by atoms with Crippen LogP contribution in [0.15, 0.2) is 42.5 Å². The molecule has 0 aliphatic carbocycles. The molecule has 0 bridgehead atoms. The highest BCUT2D eigenvalue weighted by atomic mass is 35.5. The van der Waals surface area contributed by atoms with Crippen LogP contribution in [0.3, 0.4) is 0 Å². The van der Waals surface area contributed by atoms with Gasteiger partial charge in [0.1, 0.15) is 6.54 Å². The van der Waals surface area contributed by atoms with Gasteiger partial charge in [0.25, 0.3) is 0 Å². The number of amides is 1. The zero-order valence-corrected chi connectivity index (χ0v) is 17.6. The minimum atomic E-state index is -3.65. The number of carbonyl (C=O) groups excluding carboxylic acids is 1. The monoisotopic (exact) mass is 421 g/mol. The molecule has 1 aliphatic heterocycles. The molecule has 8 heteroatoms. The first-order valence-corrected chi connectivity index (χ1v) is 11.4. The Morgan fingerprint density at radius 2 is 1.79 bits per heavy atom. The first kappa shape index (κ1) is 20.5. The number of anilines is 3. The van der Waals surface area contributed by atoms with Gasteiger partial charge in [-0.1, -0.05) is 17.7 Å². The Morgan fingerprint density at radius 1 is 1.14 bits per heavy atom. The van der Waals surface area contributed by atoms with E-state index in [2.05, 4.69) is 10.2 Å². The van der Waals surface area contributed by atoms with Crippen LogP contribution in [-0.2, 0) is 14.8 Å². The number of aryl methyl sites for hydroxylation is 1. The van der Waals surface area contributed by atoms with E-state index in [-0.39, 0.29) is 6.54 Å². The Labute approximate surface area is 171 Å². The van der Waals surface area contributed by atoms with Crippen LogP contribution in [0.1, 0.15) is 18.4 Å². The van der Waals surface area contributed by atoms with Crippen LogP contribution >= 0.6 is 11.6 Å². The Bertz CT molecular complexity index is 955. The van der Waals surface area contributed by atoms with Gasteiger partial charge < -0.3 is 10.2 Å². The van der Waals surface area contributed by atoms with Crippen LogP contribution in [0, 0.1) is 6.92 Å². The van der Waals surface area contributed by atoms with Crippen molar-refractivity contribution in [3.63, 3.8) is 0 Å². The van der Waals surface area contributed by atoms with Crippen LogP contribution in [-0.4, -0.2) is 40.2 Å². The molecule has 1 saturated heterocycles. The third-order valence-electron chi connectivity index (χ3n) is 4.75. The van der Waals surface area contributed by atoms with Crippen molar-refractivity contribution in [3.05, 3.63) is 53.1 Å². The molecule has 2 aromatic carbocycles. The topological polar surface area (TPSA) is 69.7 Å². The lowest BCUT2D eigenvalue weighted by molar-refractivity contribution is -0.114. The largest absolute Gasteiger partial charge is 0.372 e. The number of hydrogen-bond acceptors (Lipinski definition) is 4. The van der Waals surface area contributed by atoms with Crippen molar-refractivity contribution in [2.24, 2.45) is 0 Å². The maximum atomic E-state index is 12.5. The van der Waals surface area contributed by atoms with Crippen molar-refractivity contribution in [2.45, 2.75) is 19.8 Å². The van der Waals surface area contributed by atoms with Crippen LogP contribution < -0.4 is 14.5 Å². The molecule has 3 rings (SSSR count). The molecule has 1 N–H and O–H groups in total. The van der Waals surface area contributed by atoms with E-state index in [1.54, 1.807) is 18.2 Å². The SMILES string of the molecule is Cc1ccc(N(CC(=O)Nc2ccc(N3CCCC3)cc2)S(C)(=O)=O)cc1Cl. The number of carbonyl (C=O) groups is 1. The van der Waals surface area contributed by atoms with E-state index < -0.39 is 15.9 Å². The highest BCUT2D eigenvalue weighted by Gasteiger charge is 2.21. The highest BCUT2D eigenvalue weighted by molar-refractivity contribution is 7.92. The molecule has 0 saturated carbocycles. The quantitative estimate of drug-likeness (QED) is 0.772. The minimum absolute atomic E-state index is 0.327.